The summed E-state index contributed by atoms with van der Waals surface area (Å²) in [5, 5.41) is 0.381. The largest absolute Gasteiger partial charge is 0.464 e. The first-order valence-corrected chi connectivity index (χ1v) is 7.18. The predicted molar refractivity (Wildman–Crippen MR) is 81.4 cm³/mol. The lowest BCUT2D eigenvalue weighted by molar-refractivity contribution is -0.144. The van der Waals surface area contributed by atoms with E-state index in [4.69, 9.17) is 4.42 Å². The van der Waals surface area contributed by atoms with Crippen LogP contribution in [0.5, 0.6) is 0 Å². The van der Waals surface area contributed by atoms with Gasteiger partial charge in [0.05, 0.1) is 17.6 Å². The normalized spacial score (nSPS) is 19.2. The lowest BCUT2D eigenvalue weighted by atomic mass is 9.93. The molecule has 0 spiro atoms. The van der Waals surface area contributed by atoms with Crippen LogP contribution in [0.1, 0.15) is 38.7 Å². The zero-order valence-electron chi connectivity index (χ0n) is 12.8. The van der Waals surface area contributed by atoms with Crippen molar-refractivity contribution in [1.82, 2.24) is 4.90 Å². The number of fused-ring (bicyclic) bond motifs is 1. The molecule has 5 heteroatoms. The molecule has 2 aromatic rings. The van der Waals surface area contributed by atoms with Gasteiger partial charge in [-0.05, 0) is 32.4 Å². The highest BCUT2D eigenvalue weighted by Crippen LogP contribution is 2.36. The van der Waals surface area contributed by atoms with E-state index < -0.39 is 11.5 Å². The molecule has 5 nitrogen and oxygen atoms in total. The van der Waals surface area contributed by atoms with Crippen LogP contribution in [0.2, 0.25) is 0 Å². The van der Waals surface area contributed by atoms with Crippen LogP contribution in [0.4, 0.5) is 0 Å². The van der Waals surface area contributed by atoms with E-state index in [-0.39, 0.29) is 23.7 Å². The molecule has 1 aromatic carbocycles. The van der Waals surface area contributed by atoms with Crippen molar-refractivity contribution in [3.63, 3.8) is 0 Å². The maximum atomic E-state index is 12.7. The number of hydrogen-bond acceptors (Lipinski definition) is 4. The van der Waals surface area contributed by atoms with Crippen LogP contribution in [0, 0.1) is 0 Å². The number of benzene rings is 1. The number of carbonyl (C=O) groups is 2. The Balaban J connectivity index is 2.16. The van der Waals surface area contributed by atoms with Crippen molar-refractivity contribution in [2.75, 3.05) is 0 Å². The standard InChI is InChI=1S/C17H17NO4/c1-17(2,3)18-14(20)9-11(16(18)21)10-5-4-6-13-15(10)12(19)7-8-22-13/h4-8,11H,9H2,1-3H3. The molecule has 0 N–H and O–H groups in total. The van der Waals surface area contributed by atoms with Crippen molar-refractivity contribution in [2.24, 2.45) is 0 Å². The lowest BCUT2D eigenvalue weighted by Crippen LogP contribution is -2.45. The van der Waals surface area contributed by atoms with Crippen LogP contribution in [0.3, 0.4) is 0 Å². The van der Waals surface area contributed by atoms with Crippen LogP contribution in [0.25, 0.3) is 11.0 Å². The van der Waals surface area contributed by atoms with Crippen molar-refractivity contribution in [3.05, 3.63) is 46.3 Å². The summed E-state index contributed by atoms with van der Waals surface area (Å²) < 4.78 is 5.34. The van der Waals surface area contributed by atoms with E-state index in [1.165, 1.54) is 17.2 Å². The number of hydrogen-bond donors (Lipinski definition) is 0. The maximum Gasteiger partial charge on any atom is 0.237 e. The molecule has 0 bridgehead atoms. The van der Waals surface area contributed by atoms with Crippen molar-refractivity contribution < 1.29 is 14.0 Å². The number of imide groups is 1. The summed E-state index contributed by atoms with van der Waals surface area (Å²) in [6.07, 6.45) is 1.42. The second-order valence-corrected chi connectivity index (χ2v) is 6.50. The van der Waals surface area contributed by atoms with Gasteiger partial charge in [0.15, 0.2) is 5.43 Å². The first-order valence-electron chi connectivity index (χ1n) is 7.18. The molecule has 1 unspecified atom stereocenters. The summed E-state index contributed by atoms with van der Waals surface area (Å²) in [5.74, 6) is -1.09. The zero-order chi connectivity index (χ0) is 16.1. The van der Waals surface area contributed by atoms with Gasteiger partial charge in [-0.15, -0.1) is 0 Å². The first kappa shape index (κ1) is 14.5. The number of nitrogens with zero attached hydrogens (tertiary/aromatic N) is 1. The van der Waals surface area contributed by atoms with Gasteiger partial charge in [0.2, 0.25) is 11.8 Å². The Morgan fingerprint density at radius 3 is 2.50 bits per heavy atom. The Bertz CT molecular complexity index is 823. The molecule has 1 atom stereocenters. The van der Waals surface area contributed by atoms with Crippen LogP contribution in [0.15, 0.2) is 39.7 Å². The van der Waals surface area contributed by atoms with Gasteiger partial charge in [0, 0.05) is 18.0 Å². The minimum absolute atomic E-state index is 0.0869. The van der Waals surface area contributed by atoms with Crippen LogP contribution < -0.4 is 5.43 Å². The molecule has 2 heterocycles. The van der Waals surface area contributed by atoms with E-state index >= 15 is 0 Å². The van der Waals surface area contributed by atoms with Gasteiger partial charge in [-0.3, -0.25) is 19.3 Å². The van der Waals surface area contributed by atoms with E-state index in [9.17, 15) is 14.4 Å². The summed E-state index contributed by atoms with van der Waals surface area (Å²) >= 11 is 0. The van der Waals surface area contributed by atoms with Gasteiger partial charge in [-0.25, -0.2) is 0 Å². The molecule has 22 heavy (non-hydrogen) atoms. The zero-order valence-corrected chi connectivity index (χ0v) is 12.8. The Kier molecular flexibility index (Phi) is 3.16. The Labute approximate surface area is 127 Å². The molecule has 0 radical (unpaired) electrons. The molecular weight excluding hydrogens is 282 g/mol. The SMILES string of the molecule is CC(C)(C)N1C(=O)CC(c2cccc3occc(=O)c23)C1=O. The fraction of sp³-hybridized carbons (Fsp3) is 0.353. The molecule has 0 aliphatic carbocycles. The molecule has 114 valence electrons. The third kappa shape index (κ3) is 2.13. The van der Waals surface area contributed by atoms with Crippen LogP contribution in [-0.2, 0) is 9.59 Å². The predicted octanol–water partition coefficient (Wildman–Crippen LogP) is 2.43. The molecule has 1 aliphatic rings. The second-order valence-electron chi connectivity index (χ2n) is 6.50. The molecule has 1 aliphatic heterocycles. The monoisotopic (exact) mass is 299 g/mol. The topological polar surface area (TPSA) is 67.6 Å². The van der Waals surface area contributed by atoms with E-state index in [0.29, 0.717) is 16.5 Å². The quantitative estimate of drug-likeness (QED) is 0.758. The Morgan fingerprint density at radius 2 is 1.86 bits per heavy atom. The highest BCUT2D eigenvalue weighted by atomic mass is 16.3. The van der Waals surface area contributed by atoms with Crippen LogP contribution >= 0.6 is 0 Å². The van der Waals surface area contributed by atoms with E-state index in [0.717, 1.165) is 0 Å². The first-order chi connectivity index (χ1) is 10.3. The summed E-state index contributed by atoms with van der Waals surface area (Å²) in [7, 11) is 0. The maximum absolute atomic E-state index is 12.7. The number of rotatable bonds is 1. The summed E-state index contributed by atoms with van der Waals surface area (Å²) in [6, 6.07) is 6.47. The molecule has 1 aromatic heterocycles. The average molecular weight is 299 g/mol. The van der Waals surface area contributed by atoms with Gasteiger partial charge in [-0.2, -0.15) is 0 Å². The molecule has 1 saturated heterocycles. The number of likely N-dealkylation sites (tertiary alicyclic amines) is 1. The van der Waals surface area contributed by atoms with Crippen molar-refractivity contribution >= 4 is 22.8 Å². The minimum Gasteiger partial charge on any atom is -0.464 e. The minimum atomic E-state index is -0.624. The molecular formula is C17H17NO4. The highest BCUT2D eigenvalue weighted by molar-refractivity contribution is 6.08. The lowest BCUT2D eigenvalue weighted by Gasteiger charge is -2.30. The van der Waals surface area contributed by atoms with E-state index in [1.807, 2.05) is 20.8 Å². The Morgan fingerprint density at radius 1 is 1.14 bits per heavy atom. The summed E-state index contributed by atoms with van der Waals surface area (Å²) in [4.78, 5) is 38.4. The third-order valence-electron chi connectivity index (χ3n) is 3.91. The van der Waals surface area contributed by atoms with E-state index in [1.54, 1.807) is 18.2 Å². The molecule has 2 amide bonds. The van der Waals surface area contributed by atoms with Gasteiger partial charge in [0.1, 0.15) is 5.58 Å². The summed E-state index contributed by atoms with van der Waals surface area (Å²) in [5.41, 5.74) is 0.223. The molecule has 3 rings (SSSR count). The van der Waals surface area contributed by atoms with Gasteiger partial charge >= 0.3 is 0 Å². The molecule has 0 saturated carbocycles. The van der Waals surface area contributed by atoms with E-state index in [2.05, 4.69) is 0 Å². The van der Waals surface area contributed by atoms with Crippen molar-refractivity contribution in [1.29, 1.82) is 0 Å². The van der Waals surface area contributed by atoms with Crippen LogP contribution in [-0.4, -0.2) is 22.3 Å². The average Bonchev–Trinajstić information content (AvgIpc) is 2.73. The van der Waals surface area contributed by atoms with Crippen molar-refractivity contribution in [2.45, 2.75) is 38.6 Å². The third-order valence-corrected chi connectivity index (χ3v) is 3.91. The molecule has 1 fully saturated rings. The fourth-order valence-corrected chi connectivity index (χ4v) is 3.03. The summed E-state index contributed by atoms with van der Waals surface area (Å²) in [6.45, 7) is 5.47. The fourth-order valence-electron chi connectivity index (χ4n) is 3.03. The highest BCUT2D eigenvalue weighted by Gasteiger charge is 2.45. The van der Waals surface area contributed by atoms with Gasteiger partial charge in [-0.1, -0.05) is 12.1 Å². The van der Waals surface area contributed by atoms with Gasteiger partial charge in [0.25, 0.3) is 0 Å². The smallest absolute Gasteiger partial charge is 0.237 e. The Hall–Kier alpha value is -2.43. The number of carbonyl (C=O) groups excluding carboxylic acids is 2. The van der Waals surface area contributed by atoms with Gasteiger partial charge < -0.3 is 4.42 Å². The number of amides is 2. The van der Waals surface area contributed by atoms with Crippen molar-refractivity contribution in [3.8, 4) is 0 Å². The second kappa shape index (κ2) is 4.80.